The number of rotatable bonds is 1. The molecule has 0 aliphatic heterocycles. The largest absolute Gasteiger partial charge is 0.393 e. The monoisotopic (exact) mass is 322 g/mol. The maximum absolute atomic E-state index is 10.9. The molecule has 23 heavy (non-hydrogen) atoms. The van der Waals surface area contributed by atoms with Gasteiger partial charge in [-0.3, -0.25) is 0 Å². The van der Waals surface area contributed by atoms with Crippen LogP contribution < -0.4 is 0 Å². The number of aliphatic hydroxyl groups excluding tert-OH is 2. The van der Waals surface area contributed by atoms with Crippen molar-refractivity contribution in [1.82, 2.24) is 0 Å². The highest BCUT2D eigenvalue weighted by atomic mass is 16.3. The maximum Gasteiger partial charge on any atom is 0.0910 e. The Morgan fingerprint density at radius 3 is 2.39 bits per heavy atom. The second-order valence-electron chi connectivity index (χ2n) is 10.3. The molecule has 3 heteroatoms. The fraction of sp³-hybridized carbons (Fsp3) is 1.00. The lowest BCUT2D eigenvalue weighted by molar-refractivity contribution is -0.180. The molecule has 4 saturated carbocycles. The van der Waals surface area contributed by atoms with Crippen molar-refractivity contribution < 1.29 is 15.3 Å². The van der Waals surface area contributed by atoms with E-state index in [1.807, 2.05) is 0 Å². The highest BCUT2D eigenvalue weighted by Gasteiger charge is 2.67. The van der Waals surface area contributed by atoms with Gasteiger partial charge in [0.05, 0.1) is 18.3 Å². The van der Waals surface area contributed by atoms with Gasteiger partial charge in [0, 0.05) is 0 Å². The Labute approximate surface area is 140 Å². The zero-order chi connectivity index (χ0) is 16.7. The van der Waals surface area contributed by atoms with Crippen molar-refractivity contribution >= 4 is 0 Å². The molecule has 3 N–H and O–H groups in total. The normalized spacial score (nSPS) is 57.7. The third-order valence-electron chi connectivity index (χ3n) is 9.12. The molecule has 0 amide bonds. The summed E-state index contributed by atoms with van der Waals surface area (Å²) in [5.74, 6) is 1.53. The van der Waals surface area contributed by atoms with E-state index < -0.39 is 5.60 Å². The van der Waals surface area contributed by atoms with E-state index in [1.54, 1.807) is 0 Å². The second kappa shape index (κ2) is 4.74. The molecule has 1 unspecified atom stereocenters. The Morgan fingerprint density at radius 2 is 1.70 bits per heavy atom. The fourth-order valence-corrected chi connectivity index (χ4v) is 8.02. The van der Waals surface area contributed by atoms with E-state index in [2.05, 4.69) is 20.8 Å². The van der Waals surface area contributed by atoms with E-state index in [0.29, 0.717) is 17.8 Å². The van der Waals surface area contributed by atoms with Crippen LogP contribution in [0, 0.1) is 34.0 Å². The van der Waals surface area contributed by atoms with Crippen molar-refractivity contribution in [3.63, 3.8) is 0 Å². The fourth-order valence-electron chi connectivity index (χ4n) is 8.02. The summed E-state index contributed by atoms with van der Waals surface area (Å²) in [6.45, 7) is 6.94. The SMILES string of the molecule is CC1(C)C(O)CC[C@]2(C)[C@@H]1CC[C@@]13C[C@H](CC[C@H]12)[C@@](O)(CO)C3. The van der Waals surface area contributed by atoms with E-state index in [-0.39, 0.29) is 29.0 Å². The first-order chi connectivity index (χ1) is 10.7. The molecule has 4 aliphatic carbocycles. The van der Waals surface area contributed by atoms with Crippen molar-refractivity contribution in [2.75, 3.05) is 6.61 Å². The van der Waals surface area contributed by atoms with Gasteiger partial charge in [0.2, 0.25) is 0 Å². The molecule has 4 fully saturated rings. The molecule has 4 aliphatic rings. The topological polar surface area (TPSA) is 60.7 Å². The van der Waals surface area contributed by atoms with Crippen LogP contribution >= 0.6 is 0 Å². The summed E-state index contributed by atoms with van der Waals surface area (Å²) in [5.41, 5.74) is -0.310. The summed E-state index contributed by atoms with van der Waals surface area (Å²) < 4.78 is 0. The van der Waals surface area contributed by atoms with Gasteiger partial charge in [-0.2, -0.15) is 0 Å². The lowest BCUT2D eigenvalue weighted by Gasteiger charge is -2.64. The van der Waals surface area contributed by atoms with E-state index in [1.165, 1.54) is 19.3 Å². The summed E-state index contributed by atoms with van der Waals surface area (Å²) in [7, 11) is 0. The lowest BCUT2D eigenvalue weighted by atomic mass is 9.41. The molecule has 1 spiro atoms. The quantitative estimate of drug-likeness (QED) is 0.695. The van der Waals surface area contributed by atoms with Gasteiger partial charge in [-0.05, 0) is 85.4 Å². The zero-order valence-corrected chi connectivity index (χ0v) is 15.0. The van der Waals surface area contributed by atoms with Gasteiger partial charge < -0.3 is 15.3 Å². The Bertz CT molecular complexity index is 503. The van der Waals surface area contributed by atoms with E-state index in [0.717, 1.165) is 32.1 Å². The van der Waals surface area contributed by atoms with E-state index in [9.17, 15) is 15.3 Å². The Kier molecular flexibility index (Phi) is 3.37. The number of hydrogen-bond donors (Lipinski definition) is 3. The van der Waals surface area contributed by atoms with Crippen LogP contribution in [0.3, 0.4) is 0 Å². The molecule has 4 rings (SSSR count). The zero-order valence-electron chi connectivity index (χ0n) is 15.0. The first-order valence-corrected chi connectivity index (χ1v) is 9.69. The number of hydrogen-bond acceptors (Lipinski definition) is 3. The minimum Gasteiger partial charge on any atom is -0.393 e. The molecular formula is C20H34O3. The molecule has 0 aromatic heterocycles. The van der Waals surface area contributed by atoms with Gasteiger partial charge in [-0.1, -0.05) is 20.8 Å². The molecule has 0 saturated heterocycles. The van der Waals surface area contributed by atoms with Gasteiger partial charge in [0.15, 0.2) is 0 Å². The third kappa shape index (κ3) is 1.93. The molecular weight excluding hydrogens is 288 g/mol. The van der Waals surface area contributed by atoms with Crippen LogP contribution in [0.5, 0.6) is 0 Å². The molecule has 3 nitrogen and oxygen atoms in total. The Balaban J connectivity index is 1.72. The Morgan fingerprint density at radius 1 is 0.957 bits per heavy atom. The summed E-state index contributed by atoms with van der Waals surface area (Å²) >= 11 is 0. The molecule has 0 aromatic rings. The smallest absolute Gasteiger partial charge is 0.0910 e. The standard InChI is InChI=1S/C20H34O3/c1-17(2)14-6-9-19-10-13(20(23,11-19)12-21)4-5-15(19)18(14,3)8-7-16(17)22/h13-16,21-23H,4-12H2,1-3H3/t13-,14+,15-,16?,18+,19-,20-/m0/s1. The van der Waals surface area contributed by atoms with Crippen LogP contribution in [0.4, 0.5) is 0 Å². The van der Waals surface area contributed by atoms with E-state index in [4.69, 9.17) is 0 Å². The highest BCUT2D eigenvalue weighted by molar-refractivity contribution is 5.17. The molecule has 0 aromatic carbocycles. The average Bonchev–Trinajstić information content (AvgIpc) is 2.70. The van der Waals surface area contributed by atoms with Crippen molar-refractivity contribution in [3.8, 4) is 0 Å². The van der Waals surface area contributed by atoms with Crippen LogP contribution in [0.1, 0.15) is 72.1 Å². The first kappa shape index (κ1) is 16.4. The predicted molar refractivity (Wildman–Crippen MR) is 89.8 cm³/mol. The summed E-state index contributed by atoms with van der Waals surface area (Å²) in [4.78, 5) is 0. The number of fused-ring (bicyclic) bond motifs is 3. The summed E-state index contributed by atoms with van der Waals surface area (Å²) in [6, 6.07) is 0. The second-order valence-corrected chi connectivity index (χ2v) is 10.3. The highest BCUT2D eigenvalue weighted by Crippen LogP contribution is 2.72. The summed E-state index contributed by atoms with van der Waals surface area (Å²) in [5, 5.41) is 31.3. The van der Waals surface area contributed by atoms with Gasteiger partial charge in [-0.25, -0.2) is 0 Å². The van der Waals surface area contributed by atoms with Crippen LogP contribution in [0.25, 0.3) is 0 Å². The molecule has 132 valence electrons. The van der Waals surface area contributed by atoms with Gasteiger partial charge >= 0.3 is 0 Å². The maximum atomic E-state index is 10.9. The minimum atomic E-state index is -0.832. The third-order valence-corrected chi connectivity index (χ3v) is 9.12. The van der Waals surface area contributed by atoms with Gasteiger partial charge in [0.25, 0.3) is 0 Å². The van der Waals surface area contributed by atoms with Crippen LogP contribution in [-0.4, -0.2) is 33.6 Å². The van der Waals surface area contributed by atoms with Crippen LogP contribution in [0.15, 0.2) is 0 Å². The van der Waals surface area contributed by atoms with Gasteiger partial charge in [-0.15, -0.1) is 0 Å². The number of aliphatic hydroxyl groups is 3. The Hall–Kier alpha value is -0.120. The minimum absolute atomic E-state index is 0.00263. The van der Waals surface area contributed by atoms with Crippen molar-refractivity contribution in [2.24, 2.45) is 34.0 Å². The molecule has 7 atom stereocenters. The molecule has 0 radical (unpaired) electrons. The lowest BCUT2D eigenvalue weighted by Crippen LogP contribution is -2.59. The summed E-state index contributed by atoms with van der Waals surface area (Å²) in [6.07, 6.45) is 8.39. The average molecular weight is 322 g/mol. The molecule has 2 bridgehead atoms. The predicted octanol–water partition coefficient (Wildman–Crippen LogP) is 3.11. The molecule has 0 heterocycles. The van der Waals surface area contributed by atoms with Crippen LogP contribution in [-0.2, 0) is 0 Å². The van der Waals surface area contributed by atoms with Crippen LogP contribution in [0.2, 0.25) is 0 Å². The van der Waals surface area contributed by atoms with Crippen molar-refractivity contribution in [2.45, 2.75) is 83.8 Å². The van der Waals surface area contributed by atoms with Gasteiger partial charge in [0.1, 0.15) is 0 Å². The first-order valence-electron chi connectivity index (χ1n) is 9.69. The van der Waals surface area contributed by atoms with Crippen molar-refractivity contribution in [3.05, 3.63) is 0 Å². The van der Waals surface area contributed by atoms with E-state index >= 15 is 0 Å². The van der Waals surface area contributed by atoms with Crippen molar-refractivity contribution in [1.29, 1.82) is 0 Å².